The highest BCUT2D eigenvalue weighted by molar-refractivity contribution is 6.30. The molecular weight excluding hydrogens is 332 g/mol. The van der Waals surface area contributed by atoms with E-state index in [0.29, 0.717) is 27.6 Å². The first-order valence-corrected chi connectivity index (χ1v) is 7.40. The number of phenolic OH excluding ortho intramolecular Hbond substituents is 1. The predicted molar refractivity (Wildman–Crippen MR) is 92.3 cm³/mol. The Balaban J connectivity index is 2.22. The van der Waals surface area contributed by atoms with Gasteiger partial charge in [-0.15, -0.1) is 0 Å². The molecule has 24 heavy (non-hydrogen) atoms. The third-order valence-corrected chi connectivity index (χ3v) is 3.59. The summed E-state index contributed by atoms with van der Waals surface area (Å²) in [4.78, 5) is 12.0. The molecule has 0 atom stereocenters. The van der Waals surface area contributed by atoms with Crippen molar-refractivity contribution in [1.82, 2.24) is 5.43 Å². The number of rotatable bonds is 5. The average Bonchev–Trinajstić information content (AvgIpc) is 2.59. The van der Waals surface area contributed by atoms with Gasteiger partial charge in [-0.3, -0.25) is 4.79 Å². The van der Waals surface area contributed by atoms with E-state index in [9.17, 15) is 9.90 Å². The van der Waals surface area contributed by atoms with Crippen LogP contribution < -0.4 is 14.9 Å². The largest absolute Gasteiger partial charge is 0.504 e. The fourth-order valence-electron chi connectivity index (χ4n) is 2.06. The molecule has 6 nitrogen and oxygen atoms in total. The standard InChI is InChI=1S/C17H17ClN2O4/c1-10(13-8-9-14(23-2)16(24-3)15(13)21)19-20-17(22)11-4-6-12(18)7-5-11/h4-9,21H,1-3H3,(H,20,22)/b19-10+. The van der Waals surface area contributed by atoms with Crippen molar-refractivity contribution in [3.63, 3.8) is 0 Å². The van der Waals surface area contributed by atoms with Crippen molar-refractivity contribution in [2.45, 2.75) is 6.92 Å². The van der Waals surface area contributed by atoms with Crippen molar-refractivity contribution in [2.75, 3.05) is 14.2 Å². The highest BCUT2D eigenvalue weighted by Gasteiger charge is 2.16. The van der Waals surface area contributed by atoms with Gasteiger partial charge in [0.1, 0.15) is 0 Å². The molecule has 126 valence electrons. The van der Waals surface area contributed by atoms with E-state index in [-0.39, 0.29) is 17.4 Å². The molecule has 0 saturated heterocycles. The van der Waals surface area contributed by atoms with Crippen molar-refractivity contribution in [1.29, 1.82) is 0 Å². The Kier molecular flexibility index (Phi) is 5.65. The number of carbonyl (C=O) groups excluding carboxylic acids is 1. The van der Waals surface area contributed by atoms with Crippen molar-refractivity contribution in [2.24, 2.45) is 5.10 Å². The Morgan fingerprint density at radius 1 is 1.12 bits per heavy atom. The number of hydrogen-bond donors (Lipinski definition) is 2. The van der Waals surface area contributed by atoms with Crippen LogP contribution >= 0.6 is 11.6 Å². The molecule has 0 radical (unpaired) electrons. The van der Waals surface area contributed by atoms with Crippen LogP contribution in [-0.4, -0.2) is 30.9 Å². The van der Waals surface area contributed by atoms with Crippen LogP contribution in [0, 0.1) is 0 Å². The molecular formula is C17H17ClN2O4. The van der Waals surface area contributed by atoms with Gasteiger partial charge in [0, 0.05) is 16.1 Å². The third-order valence-electron chi connectivity index (χ3n) is 3.34. The molecule has 2 aromatic rings. The number of phenols is 1. The van der Waals surface area contributed by atoms with Crippen LogP contribution in [0.25, 0.3) is 0 Å². The van der Waals surface area contributed by atoms with E-state index in [4.69, 9.17) is 21.1 Å². The molecule has 0 heterocycles. The number of methoxy groups -OCH3 is 2. The van der Waals surface area contributed by atoms with Crippen LogP contribution in [-0.2, 0) is 0 Å². The molecule has 2 rings (SSSR count). The highest BCUT2D eigenvalue weighted by Crippen LogP contribution is 2.39. The lowest BCUT2D eigenvalue weighted by molar-refractivity contribution is 0.0955. The number of hydrazone groups is 1. The molecule has 0 aliphatic heterocycles. The van der Waals surface area contributed by atoms with Crippen LogP contribution in [0.1, 0.15) is 22.8 Å². The normalized spacial score (nSPS) is 11.1. The number of amides is 1. The molecule has 0 spiro atoms. The van der Waals surface area contributed by atoms with Gasteiger partial charge in [0.25, 0.3) is 5.91 Å². The van der Waals surface area contributed by atoms with Gasteiger partial charge in [0.15, 0.2) is 11.5 Å². The van der Waals surface area contributed by atoms with Crippen molar-refractivity contribution < 1.29 is 19.4 Å². The van der Waals surface area contributed by atoms with Crippen LogP contribution in [0.15, 0.2) is 41.5 Å². The van der Waals surface area contributed by atoms with Crippen LogP contribution in [0.3, 0.4) is 0 Å². The van der Waals surface area contributed by atoms with Gasteiger partial charge in [-0.25, -0.2) is 5.43 Å². The molecule has 0 aromatic heterocycles. The molecule has 0 fully saturated rings. The molecule has 1 amide bonds. The first-order chi connectivity index (χ1) is 11.5. The minimum atomic E-state index is -0.383. The van der Waals surface area contributed by atoms with Gasteiger partial charge >= 0.3 is 0 Å². The maximum absolute atomic E-state index is 12.0. The van der Waals surface area contributed by atoms with Gasteiger partial charge in [-0.05, 0) is 43.3 Å². The summed E-state index contributed by atoms with van der Waals surface area (Å²) >= 11 is 5.79. The maximum atomic E-state index is 12.0. The first kappa shape index (κ1) is 17.6. The molecule has 2 aromatic carbocycles. The van der Waals surface area contributed by atoms with Crippen LogP contribution in [0.5, 0.6) is 17.2 Å². The van der Waals surface area contributed by atoms with E-state index in [2.05, 4.69) is 10.5 Å². The minimum Gasteiger partial charge on any atom is -0.504 e. The van der Waals surface area contributed by atoms with Crippen molar-refractivity contribution >= 4 is 23.2 Å². The molecule has 0 unspecified atom stereocenters. The van der Waals surface area contributed by atoms with Gasteiger partial charge in [-0.1, -0.05) is 11.6 Å². The van der Waals surface area contributed by atoms with E-state index in [0.717, 1.165) is 0 Å². The van der Waals surface area contributed by atoms with Crippen molar-refractivity contribution in [3.8, 4) is 17.2 Å². The van der Waals surface area contributed by atoms with E-state index in [1.165, 1.54) is 14.2 Å². The monoisotopic (exact) mass is 348 g/mol. The summed E-state index contributed by atoms with van der Waals surface area (Å²) < 4.78 is 10.2. The van der Waals surface area contributed by atoms with Crippen LogP contribution in [0.2, 0.25) is 5.02 Å². The number of nitrogens with zero attached hydrogens (tertiary/aromatic N) is 1. The SMILES string of the molecule is COc1ccc(/C(C)=N/NC(=O)c2ccc(Cl)cc2)c(O)c1OC. The summed E-state index contributed by atoms with van der Waals surface area (Å²) in [5.74, 6) is 0.107. The molecule has 0 saturated carbocycles. The van der Waals surface area contributed by atoms with Crippen LogP contribution in [0.4, 0.5) is 0 Å². The van der Waals surface area contributed by atoms with E-state index in [1.54, 1.807) is 43.3 Å². The molecule has 0 aliphatic rings. The number of benzene rings is 2. The number of nitrogens with one attached hydrogen (secondary N) is 1. The third kappa shape index (κ3) is 3.78. The van der Waals surface area contributed by atoms with Crippen molar-refractivity contribution in [3.05, 3.63) is 52.5 Å². The summed E-state index contributed by atoms with van der Waals surface area (Å²) in [6.45, 7) is 1.66. The van der Waals surface area contributed by atoms with E-state index < -0.39 is 0 Å². The van der Waals surface area contributed by atoms with Gasteiger partial charge in [-0.2, -0.15) is 5.10 Å². The Morgan fingerprint density at radius 2 is 1.79 bits per heavy atom. The minimum absolute atomic E-state index is 0.112. The van der Waals surface area contributed by atoms with E-state index in [1.807, 2.05) is 0 Å². The summed E-state index contributed by atoms with van der Waals surface area (Å²) in [7, 11) is 2.90. The maximum Gasteiger partial charge on any atom is 0.271 e. The topological polar surface area (TPSA) is 80.2 Å². The second-order valence-electron chi connectivity index (χ2n) is 4.84. The predicted octanol–water partition coefficient (Wildman–Crippen LogP) is 3.22. The molecule has 0 bridgehead atoms. The zero-order chi connectivity index (χ0) is 17.7. The smallest absolute Gasteiger partial charge is 0.271 e. The zero-order valence-corrected chi connectivity index (χ0v) is 14.2. The second kappa shape index (κ2) is 7.70. The molecule has 2 N–H and O–H groups in total. The lowest BCUT2D eigenvalue weighted by atomic mass is 10.1. The second-order valence-corrected chi connectivity index (χ2v) is 5.28. The Morgan fingerprint density at radius 3 is 2.38 bits per heavy atom. The number of ether oxygens (including phenoxy) is 2. The zero-order valence-electron chi connectivity index (χ0n) is 13.5. The summed E-state index contributed by atoms with van der Waals surface area (Å²) in [5.41, 5.74) is 3.69. The molecule has 7 heteroatoms. The average molecular weight is 349 g/mol. The number of halogens is 1. The Hall–Kier alpha value is -2.73. The first-order valence-electron chi connectivity index (χ1n) is 7.02. The summed E-state index contributed by atoms with van der Waals surface area (Å²) in [5, 5.41) is 14.8. The molecule has 0 aliphatic carbocycles. The summed E-state index contributed by atoms with van der Waals surface area (Å²) in [6, 6.07) is 9.70. The summed E-state index contributed by atoms with van der Waals surface area (Å²) in [6.07, 6.45) is 0. The lowest BCUT2D eigenvalue weighted by Crippen LogP contribution is -2.19. The lowest BCUT2D eigenvalue weighted by Gasteiger charge is -2.12. The quantitative estimate of drug-likeness (QED) is 0.642. The number of aromatic hydroxyl groups is 1. The van der Waals surface area contributed by atoms with Gasteiger partial charge in [0.05, 0.1) is 19.9 Å². The van der Waals surface area contributed by atoms with E-state index >= 15 is 0 Å². The number of carbonyl (C=O) groups is 1. The fourth-order valence-corrected chi connectivity index (χ4v) is 2.19. The Labute approximate surface area is 144 Å². The number of hydrogen-bond acceptors (Lipinski definition) is 5. The van der Waals surface area contributed by atoms with Gasteiger partial charge in [0.2, 0.25) is 5.75 Å². The Bertz CT molecular complexity index is 773. The fraction of sp³-hybridized carbons (Fsp3) is 0.176. The highest BCUT2D eigenvalue weighted by atomic mass is 35.5. The van der Waals surface area contributed by atoms with Gasteiger partial charge < -0.3 is 14.6 Å².